The van der Waals surface area contributed by atoms with Crippen LogP contribution >= 0.6 is 0 Å². The van der Waals surface area contributed by atoms with Crippen LogP contribution in [0.25, 0.3) is 22.3 Å². The normalized spacial score (nSPS) is 11.0. The van der Waals surface area contributed by atoms with E-state index in [4.69, 9.17) is 4.42 Å². The molecule has 1 heterocycles. The molecule has 4 rings (SSSR count). The second kappa shape index (κ2) is 6.19. The van der Waals surface area contributed by atoms with Gasteiger partial charge in [-0.15, -0.1) is 0 Å². The maximum atomic E-state index is 13.3. The van der Waals surface area contributed by atoms with E-state index in [2.05, 4.69) is 6.07 Å². The van der Waals surface area contributed by atoms with Crippen molar-refractivity contribution in [3.63, 3.8) is 0 Å². The number of furan rings is 1. The van der Waals surface area contributed by atoms with Crippen LogP contribution in [0.3, 0.4) is 0 Å². The first-order chi connectivity index (χ1) is 12.5. The topological polar surface area (TPSA) is 50.4 Å². The fourth-order valence-electron chi connectivity index (χ4n) is 3.34. The molecule has 3 aromatic carbocycles. The molecule has 3 heteroatoms. The molecule has 128 valence electrons. The average molecular weight is 342 g/mol. The SMILES string of the molecule is Cc1cc(C)cc(-c2oc3ccccc3c2C(=O)c2ccc(O)cc2)c1. The van der Waals surface area contributed by atoms with E-state index in [1.54, 1.807) is 12.1 Å². The summed E-state index contributed by atoms with van der Waals surface area (Å²) in [6, 6.07) is 20.0. The molecule has 0 fully saturated rings. The lowest BCUT2D eigenvalue weighted by atomic mass is 9.96. The fraction of sp³-hybridized carbons (Fsp3) is 0.0870. The minimum Gasteiger partial charge on any atom is -0.508 e. The maximum Gasteiger partial charge on any atom is 0.197 e. The second-order valence-electron chi connectivity index (χ2n) is 6.55. The van der Waals surface area contributed by atoms with Gasteiger partial charge in [0.15, 0.2) is 5.78 Å². The molecule has 0 amide bonds. The van der Waals surface area contributed by atoms with Gasteiger partial charge in [0.25, 0.3) is 0 Å². The van der Waals surface area contributed by atoms with E-state index >= 15 is 0 Å². The summed E-state index contributed by atoms with van der Waals surface area (Å²) in [5.74, 6) is 0.591. The van der Waals surface area contributed by atoms with Gasteiger partial charge in [-0.25, -0.2) is 0 Å². The minimum absolute atomic E-state index is 0.121. The summed E-state index contributed by atoms with van der Waals surface area (Å²) < 4.78 is 6.09. The standard InChI is InChI=1S/C23H18O3/c1-14-11-15(2)13-17(12-14)23-21(19-5-3-4-6-20(19)26-23)22(25)16-7-9-18(24)10-8-16/h3-13,24H,1-2H3. The molecule has 0 aliphatic rings. The molecule has 0 saturated heterocycles. The summed E-state index contributed by atoms with van der Waals surface area (Å²) in [6.07, 6.45) is 0. The average Bonchev–Trinajstić information content (AvgIpc) is 3.00. The van der Waals surface area contributed by atoms with Gasteiger partial charge in [-0.3, -0.25) is 4.79 Å². The number of phenolic OH excluding ortho intramolecular Hbond substituents is 1. The van der Waals surface area contributed by atoms with Crippen molar-refractivity contribution < 1.29 is 14.3 Å². The molecule has 0 bridgehead atoms. The van der Waals surface area contributed by atoms with Gasteiger partial charge in [-0.2, -0.15) is 0 Å². The summed E-state index contributed by atoms with van der Waals surface area (Å²) >= 11 is 0. The Labute approximate surface area is 151 Å². The number of hydrogen-bond donors (Lipinski definition) is 1. The zero-order valence-electron chi connectivity index (χ0n) is 14.6. The van der Waals surface area contributed by atoms with Crippen molar-refractivity contribution in [2.75, 3.05) is 0 Å². The number of rotatable bonds is 3. The molecule has 0 spiro atoms. The van der Waals surface area contributed by atoms with Crippen molar-refractivity contribution in [3.8, 4) is 17.1 Å². The molecular formula is C23H18O3. The molecule has 1 N–H and O–H groups in total. The van der Waals surface area contributed by atoms with Crippen molar-refractivity contribution in [1.82, 2.24) is 0 Å². The van der Waals surface area contributed by atoms with Gasteiger partial charge < -0.3 is 9.52 Å². The fourth-order valence-corrected chi connectivity index (χ4v) is 3.34. The Morgan fingerprint density at radius 2 is 1.54 bits per heavy atom. The smallest absolute Gasteiger partial charge is 0.197 e. The molecule has 3 nitrogen and oxygen atoms in total. The van der Waals surface area contributed by atoms with Crippen LogP contribution in [0.5, 0.6) is 5.75 Å². The number of fused-ring (bicyclic) bond motifs is 1. The Morgan fingerprint density at radius 3 is 2.23 bits per heavy atom. The number of phenols is 1. The van der Waals surface area contributed by atoms with Gasteiger partial charge in [0.05, 0.1) is 5.56 Å². The van der Waals surface area contributed by atoms with Crippen LogP contribution in [-0.2, 0) is 0 Å². The molecule has 0 atom stereocenters. The van der Waals surface area contributed by atoms with Crippen LogP contribution in [0.4, 0.5) is 0 Å². The Balaban J connectivity index is 1.97. The van der Waals surface area contributed by atoms with Crippen LogP contribution in [0, 0.1) is 13.8 Å². The highest BCUT2D eigenvalue weighted by atomic mass is 16.3. The Hall–Kier alpha value is -3.33. The van der Waals surface area contributed by atoms with E-state index in [0.29, 0.717) is 22.5 Å². The molecule has 26 heavy (non-hydrogen) atoms. The molecular weight excluding hydrogens is 324 g/mol. The molecule has 0 radical (unpaired) electrons. The van der Waals surface area contributed by atoms with Crippen LogP contribution in [-0.4, -0.2) is 10.9 Å². The first kappa shape index (κ1) is 16.2. The zero-order chi connectivity index (χ0) is 18.3. The van der Waals surface area contributed by atoms with Gasteiger partial charge in [0, 0.05) is 16.5 Å². The van der Waals surface area contributed by atoms with E-state index in [-0.39, 0.29) is 11.5 Å². The molecule has 1 aromatic heterocycles. The van der Waals surface area contributed by atoms with Crippen molar-refractivity contribution in [1.29, 1.82) is 0 Å². The molecule has 0 aliphatic carbocycles. The quantitative estimate of drug-likeness (QED) is 0.489. The van der Waals surface area contributed by atoms with E-state index < -0.39 is 0 Å². The minimum atomic E-state index is -0.121. The van der Waals surface area contributed by atoms with Crippen LogP contribution in [0.15, 0.2) is 71.1 Å². The predicted molar refractivity (Wildman–Crippen MR) is 103 cm³/mol. The van der Waals surface area contributed by atoms with Crippen molar-refractivity contribution in [2.45, 2.75) is 13.8 Å². The molecule has 0 saturated carbocycles. The monoisotopic (exact) mass is 342 g/mol. The van der Waals surface area contributed by atoms with Gasteiger partial charge in [0.2, 0.25) is 0 Å². The number of benzene rings is 3. The number of ketones is 1. The van der Waals surface area contributed by atoms with Gasteiger partial charge in [-0.1, -0.05) is 35.4 Å². The highest BCUT2D eigenvalue weighted by molar-refractivity contribution is 6.19. The van der Waals surface area contributed by atoms with E-state index in [9.17, 15) is 9.90 Å². The first-order valence-corrected chi connectivity index (χ1v) is 8.47. The van der Waals surface area contributed by atoms with E-state index in [1.165, 1.54) is 12.1 Å². The third-order valence-corrected chi connectivity index (χ3v) is 4.44. The number of aromatic hydroxyl groups is 1. The molecule has 0 unspecified atom stereocenters. The Kier molecular flexibility index (Phi) is 3.85. The summed E-state index contributed by atoms with van der Waals surface area (Å²) in [5.41, 5.74) is 4.87. The predicted octanol–water partition coefficient (Wildman–Crippen LogP) is 5.65. The zero-order valence-corrected chi connectivity index (χ0v) is 14.6. The Morgan fingerprint density at radius 1 is 0.885 bits per heavy atom. The number of carbonyl (C=O) groups excluding carboxylic acids is 1. The third kappa shape index (κ3) is 2.78. The Bertz CT molecular complexity index is 1100. The summed E-state index contributed by atoms with van der Waals surface area (Å²) in [6.45, 7) is 4.06. The van der Waals surface area contributed by atoms with Crippen LogP contribution in [0.2, 0.25) is 0 Å². The van der Waals surface area contributed by atoms with Crippen molar-refractivity contribution >= 4 is 16.8 Å². The van der Waals surface area contributed by atoms with Gasteiger partial charge in [-0.05, 0) is 56.3 Å². The maximum absolute atomic E-state index is 13.3. The summed E-state index contributed by atoms with van der Waals surface area (Å²) in [4.78, 5) is 13.3. The van der Waals surface area contributed by atoms with Gasteiger partial charge >= 0.3 is 0 Å². The lowest BCUT2D eigenvalue weighted by Crippen LogP contribution is -2.02. The molecule has 0 aliphatic heterocycles. The van der Waals surface area contributed by atoms with Gasteiger partial charge in [0.1, 0.15) is 17.1 Å². The highest BCUT2D eigenvalue weighted by Crippen LogP contribution is 2.36. The number of para-hydroxylation sites is 1. The number of hydrogen-bond acceptors (Lipinski definition) is 3. The lowest BCUT2D eigenvalue weighted by Gasteiger charge is -2.06. The first-order valence-electron chi connectivity index (χ1n) is 8.47. The largest absolute Gasteiger partial charge is 0.508 e. The number of aryl methyl sites for hydroxylation is 2. The van der Waals surface area contributed by atoms with E-state index in [0.717, 1.165) is 22.1 Å². The lowest BCUT2D eigenvalue weighted by molar-refractivity contribution is 0.104. The van der Waals surface area contributed by atoms with Crippen molar-refractivity contribution in [2.24, 2.45) is 0 Å². The number of carbonyl (C=O) groups is 1. The summed E-state index contributed by atoms with van der Waals surface area (Å²) in [7, 11) is 0. The highest BCUT2D eigenvalue weighted by Gasteiger charge is 2.23. The molecule has 4 aromatic rings. The third-order valence-electron chi connectivity index (χ3n) is 4.44. The van der Waals surface area contributed by atoms with Crippen LogP contribution < -0.4 is 0 Å². The van der Waals surface area contributed by atoms with Crippen LogP contribution in [0.1, 0.15) is 27.0 Å². The second-order valence-corrected chi connectivity index (χ2v) is 6.55. The van der Waals surface area contributed by atoms with E-state index in [1.807, 2.05) is 50.2 Å². The van der Waals surface area contributed by atoms with Crippen molar-refractivity contribution in [3.05, 3.63) is 89.0 Å². The summed E-state index contributed by atoms with van der Waals surface area (Å²) in [5, 5.41) is 10.3.